The molecule has 2 N–H and O–H groups in total. The maximum atomic E-state index is 13.5. The van der Waals surface area contributed by atoms with E-state index in [0.717, 1.165) is 12.1 Å². The molecular weight excluding hydrogens is 275 g/mol. The van der Waals surface area contributed by atoms with Crippen molar-refractivity contribution in [2.75, 3.05) is 13.7 Å². The van der Waals surface area contributed by atoms with Crippen LogP contribution in [0, 0.1) is 11.7 Å². The molecule has 2 atom stereocenters. The van der Waals surface area contributed by atoms with Crippen LogP contribution in [0.15, 0.2) is 12.1 Å². The van der Waals surface area contributed by atoms with Gasteiger partial charge in [-0.25, -0.2) is 13.2 Å². The van der Waals surface area contributed by atoms with Crippen molar-refractivity contribution in [2.45, 2.75) is 18.9 Å². The van der Waals surface area contributed by atoms with Gasteiger partial charge in [0, 0.05) is 18.2 Å². The van der Waals surface area contributed by atoms with Crippen LogP contribution in [0.4, 0.5) is 13.2 Å². The van der Waals surface area contributed by atoms with Crippen molar-refractivity contribution in [3.8, 4) is 5.75 Å². The van der Waals surface area contributed by atoms with E-state index in [-0.39, 0.29) is 24.3 Å². The van der Waals surface area contributed by atoms with Crippen LogP contribution >= 0.6 is 0 Å². The van der Waals surface area contributed by atoms with Gasteiger partial charge >= 0.3 is 5.97 Å². The van der Waals surface area contributed by atoms with Crippen LogP contribution in [0.1, 0.15) is 30.0 Å². The van der Waals surface area contributed by atoms with Gasteiger partial charge in [-0.05, 0) is 18.6 Å². The molecule has 1 aliphatic rings. The van der Waals surface area contributed by atoms with Gasteiger partial charge in [-0.15, -0.1) is 0 Å². The summed E-state index contributed by atoms with van der Waals surface area (Å²) >= 11 is 0. The normalized spacial score (nSPS) is 22.2. The highest BCUT2D eigenvalue weighted by Gasteiger charge is 2.33. The van der Waals surface area contributed by atoms with E-state index in [2.05, 4.69) is 5.32 Å². The van der Waals surface area contributed by atoms with Crippen molar-refractivity contribution < 1.29 is 27.8 Å². The Labute approximate surface area is 113 Å². The third-order valence-electron chi connectivity index (χ3n) is 3.41. The van der Waals surface area contributed by atoms with E-state index in [4.69, 9.17) is 9.84 Å². The van der Waals surface area contributed by atoms with Gasteiger partial charge in [-0.2, -0.15) is 0 Å². The fourth-order valence-corrected chi connectivity index (χ4v) is 2.45. The van der Waals surface area contributed by atoms with Crippen molar-refractivity contribution in [1.82, 2.24) is 5.32 Å². The minimum absolute atomic E-state index is 0.0926. The predicted octanol–water partition coefficient (Wildman–Crippen LogP) is 2.51. The SMILES string of the molecule is COc1c(C(F)F)cc(F)cc1C1CC(C(=O)O)CN1. The quantitative estimate of drug-likeness (QED) is 0.894. The van der Waals surface area contributed by atoms with Gasteiger partial charge in [-0.1, -0.05) is 0 Å². The number of carboxylic acids is 1. The number of carboxylic acid groups (broad SMARTS) is 1. The monoisotopic (exact) mass is 289 g/mol. The summed E-state index contributed by atoms with van der Waals surface area (Å²) in [7, 11) is 1.23. The molecule has 0 spiro atoms. The number of benzene rings is 1. The third kappa shape index (κ3) is 2.72. The summed E-state index contributed by atoms with van der Waals surface area (Å²) in [6.07, 6.45) is -2.66. The zero-order valence-electron chi connectivity index (χ0n) is 10.7. The molecule has 2 unspecified atom stereocenters. The number of ether oxygens (including phenoxy) is 1. The molecule has 7 heteroatoms. The van der Waals surface area contributed by atoms with E-state index in [1.54, 1.807) is 0 Å². The molecule has 1 saturated heterocycles. The van der Waals surface area contributed by atoms with Gasteiger partial charge in [0.05, 0.1) is 18.6 Å². The molecule has 1 fully saturated rings. The number of rotatable bonds is 4. The maximum absolute atomic E-state index is 13.5. The van der Waals surface area contributed by atoms with E-state index < -0.39 is 35.7 Å². The molecule has 4 nitrogen and oxygen atoms in total. The Hall–Kier alpha value is -1.76. The van der Waals surface area contributed by atoms with Crippen molar-refractivity contribution in [2.24, 2.45) is 5.92 Å². The lowest BCUT2D eigenvalue weighted by Gasteiger charge is -2.18. The number of carbonyl (C=O) groups is 1. The average Bonchev–Trinajstić information content (AvgIpc) is 2.87. The van der Waals surface area contributed by atoms with E-state index in [1.807, 2.05) is 0 Å². The highest BCUT2D eigenvalue weighted by atomic mass is 19.3. The second-order valence-electron chi connectivity index (χ2n) is 4.65. The molecule has 110 valence electrons. The number of halogens is 3. The Kier molecular flexibility index (Phi) is 4.17. The molecule has 0 saturated carbocycles. The first-order valence-electron chi connectivity index (χ1n) is 6.05. The number of nitrogens with one attached hydrogen (secondary N) is 1. The molecule has 0 bridgehead atoms. The van der Waals surface area contributed by atoms with Gasteiger partial charge in [0.15, 0.2) is 0 Å². The van der Waals surface area contributed by atoms with Crippen LogP contribution in [-0.2, 0) is 4.79 Å². The fourth-order valence-electron chi connectivity index (χ4n) is 2.45. The summed E-state index contributed by atoms with van der Waals surface area (Å²) < 4.78 is 44.3. The summed E-state index contributed by atoms with van der Waals surface area (Å²) in [4.78, 5) is 10.9. The fraction of sp³-hybridized carbons (Fsp3) is 0.462. The second-order valence-corrected chi connectivity index (χ2v) is 4.65. The second kappa shape index (κ2) is 5.70. The number of aliphatic carboxylic acids is 1. The number of hydrogen-bond acceptors (Lipinski definition) is 3. The highest BCUT2D eigenvalue weighted by molar-refractivity contribution is 5.71. The number of alkyl halides is 2. The van der Waals surface area contributed by atoms with Crippen molar-refractivity contribution in [3.63, 3.8) is 0 Å². The number of hydrogen-bond donors (Lipinski definition) is 2. The van der Waals surface area contributed by atoms with Gasteiger partial charge in [0.1, 0.15) is 11.6 Å². The minimum atomic E-state index is -2.86. The lowest BCUT2D eigenvalue weighted by molar-refractivity contribution is -0.141. The Balaban J connectivity index is 2.39. The highest BCUT2D eigenvalue weighted by Crippen LogP contribution is 2.39. The van der Waals surface area contributed by atoms with Crippen LogP contribution in [-0.4, -0.2) is 24.7 Å². The van der Waals surface area contributed by atoms with Crippen molar-refractivity contribution in [3.05, 3.63) is 29.1 Å². The van der Waals surface area contributed by atoms with Crippen molar-refractivity contribution >= 4 is 5.97 Å². The van der Waals surface area contributed by atoms with Crippen LogP contribution in [0.25, 0.3) is 0 Å². The molecular formula is C13H14F3NO3. The van der Waals surface area contributed by atoms with Gasteiger partial charge in [0.2, 0.25) is 0 Å². The Morgan fingerprint density at radius 1 is 1.50 bits per heavy atom. The first-order chi connectivity index (χ1) is 9.43. The average molecular weight is 289 g/mol. The van der Waals surface area contributed by atoms with Crippen molar-refractivity contribution in [1.29, 1.82) is 0 Å². The molecule has 1 aromatic rings. The molecule has 1 heterocycles. The number of methoxy groups -OCH3 is 1. The first-order valence-corrected chi connectivity index (χ1v) is 6.05. The van der Waals surface area contributed by atoms with Crippen LogP contribution in [0.3, 0.4) is 0 Å². The van der Waals surface area contributed by atoms with Gasteiger partial charge < -0.3 is 15.2 Å². The van der Waals surface area contributed by atoms with Crippen LogP contribution in [0.2, 0.25) is 0 Å². The Morgan fingerprint density at radius 3 is 2.70 bits per heavy atom. The largest absolute Gasteiger partial charge is 0.496 e. The minimum Gasteiger partial charge on any atom is -0.496 e. The summed E-state index contributed by atoms with van der Waals surface area (Å²) in [6, 6.07) is 1.32. The Bertz CT molecular complexity index is 522. The van der Waals surface area contributed by atoms with Crippen LogP contribution in [0.5, 0.6) is 5.75 Å². The smallest absolute Gasteiger partial charge is 0.307 e. The summed E-state index contributed by atoms with van der Waals surface area (Å²) in [6.45, 7) is 0.212. The zero-order chi connectivity index (χ0) is 14.9. The Morgan fingerprint density at radius 2 is 2.20 bits per heavy atom. The molecule has 1 aromatic carbocycles. The maximum Gasteiger partial charge on any atom is 0.307 e. The van der Waals surface area contributed by atoms with E-state index in [0.29, 0.717) is 0 Å². The zero-order valence-corrected chi connectivity index (χ0v) is 10.7. The summed E-state index contributed by atoms with van der Waals surface area (Å²) in [5, 5.41) is 11.8. The molecule has 1 aliphatic heterocycles. The van der Waals surface area contributed by atoms with Crippen LogP contribution < -0.4 is 10.1 Å². The van der Waals surface area contributed by atoms with Gasteiger partial charge in [-0.3, -0.25) is 4.79 Å². The van der Waals surface area contributed by atoms with E-state index in [1.165, 1.54) is 7.11 Å². The lowest BCUT2D eigenvalue weighted by atomic mass is 9.97. The molecule has 2 rings (SSSR count). The van der Waals surface area contributed by atoms with E-state index >= 15 is 0 Å². The standard InChI is InChI=1S/C13H14F3NO3/c1-20-11-8(3-7(14)4-9(11)12(15)16)10-2-6(5-17-10)13(18)19/h3-4,6,10,12,17H,2,5H2,1H3,(H,18,19). The lowest BCUT2D eigenvalue weighted by Crippen LogP contribution is -2.17. The topological polar surface area (TPSA) is 58.6 Å². The first kappa shape index (κ1) is 14.6. The molecule has 0 radical (unpaired) electrons. The predicted molar refractivity (Wildman–Crippen MR) is 64.4 cm³/mol. The van der Waals surface area contributed by atoms with Gasteiger partial charge in [0.25, 0.3) is 6.43 Å². The third-order valence-corrected chi connectivity index (χ3v) is 3.41. The molecule has 0 amide bonds. The molecule has 20 heavy (non-hydrogen) atoms. The molecule has 0 aliphatic carbocycles. The molecule has 0 aromatic heterocycles. The summed E-state index contributed by atoms with van der Waals surface area (Å²) in [5.74, 6) is -2.48. The van der Waals surface area contributed by atoms with E-state index in [9.17, 15) is 18.0 Å². The summed E-state index contributed by atoms with van der Waals surface area (Å²) in [5.41, 5.74) is -0.297.